The van der Waals surface area contributed by atoms with Gasteiger partial charge in [0, 0.05) is 37.6 Å². The summed E-state index contributed by atoms with van der Waals surface area (Å²) in [6, 6.07) is 1.79. The molecule has 0 aromatic carbocycles. The fraction of sp³-hybridized carbons (Fsp3) is 0.714. The molecule has 1 N–H and O–H groups in total. The van der Waals surface area contributed by atoms with Gasteiger partial charge in [0.15, 0.2) is 0 Å². The van der Waals surface area contributed by atoms with Crippen LogP contribution in [-0.2, 0) is 23.1 Å². The van der Waals surface area contributed by atoms with Crippen LogP contribution in [0.3, 0.4) is 0 Å². The first kappa shape index (κ1) is 17.2. The Morgan fingerprint density at radius 2 is 2.00 bits per heavy atom. The Hall–Kier alpha value is -0.850. The molecule has 5 nitrogen and oxygen atoms in total. The molecule has 1 aromatic rings. The third kappa shape index (κ3) is 3.42. The summed E-state index contributed by atoms with van der Waals surface area (Å²) in [5, 5.41) is 3.07. The van der Waals surface area contributed by atoms with E-state index in [1.54, 1.807) is 16.6 Å². The monoisotopic (exact) mass is 301 g/mol. The van der Waals surface area contributed by atoms with Gasteiger partial charge >= 0.3 is 0 Å². The minimum Gasteiger partial charge on any atom is -0.349 e. The molecule has 1 atom stereocenters. The van der Waals surface area contributed by atoms with Gasteiger partial charge in [-0.15, -0.1) is 0 Å². The van der Waals surface area contributed by atoms with E-state index in [-0.39, 0.29) is 6.04 Å². The summed E-state index contributed by atoms with van der Waals surface area (Å²) >= 11 is 0. The van der Waals surface area contributed by atoms with Crippen molar-refractivity contribution in [3.05, 3.63) is 18.0 Å². The predicted octanol–water partition coefficient (Wildman–Crippen LogP) is 2.04. The van der Waals surface area contributed by atoms with Crippen LogP contribution in [0.1, 0.15) is 39.8 Å². The lowest BCUT2D eigenvalue weighted by molar-refractivity contribution is 0.342. The zero-order valence-corrected chi connectivity index (χ0v) is 14.0. The zero-order valence-electron chi connectivity index (χ0n) is 13.2. The second-order valence-electron chi connectivity index (χ2n) is 4.95. The molecule has 0 saturated carbocycles. The molecule has 116 valence electrons. The summed E-state index contributed by atoms with van der Waals surface area (Å²) < 4.78 is 29.0. The van der Waals surface area contributed by atoms with E-state index < -0.39 is 10.0 Å². The average Bonchev–Trinajstić information content (AvgIpc) is 2.83. The van der Waals surface area contributed by atoms with Crippen LogP contribution in [-0.4, -0.2) is 36.9 Å². The third-order valence-electron chi connectivity index (χ3n) is 3.66. The van der Waals surface area contributed by atoms with Crippen molar-refractivity contribution in [2.45, 2.75) is 58.1 Å². The maximum Gasteiger partial charge on any atom is 0.244 e. The second-order valence-corrected chi connectivity index (χ2v) is 6.84. The predicted molar refractivity (Wildman–Crippen MR) is 82.2 cm³/mol. The summed E-state index contributed by atoms with van der Waals surface area (Å²) in [4.78, 5) is 0.395. The van der Waals surface area contributed by atoms with Crippen molar-refractivity contribution >= 4 is 10.0 Å². The molecule has 1 aromatic heterocycles. The van der Waals surface area contributed by atoms with Crippen molar-refractivity contribution in [1.29, 1.82) is 0 Å². The Balaban J connectivity index is 3.20. The van der Waals surface area contributed by atoms with E-state index in [1.807, 2.05) is 39.3 Å². The Labute approximate surface area is 123 Å². The van der Waals surface area contributed by atoms with Crippen LogP contribution in [0.2, 0.25) is 0 Å². The molecule has 0 aliphatic heterocycles. The van der Waals surface area contributed by atoms with Crippen LogP contribution in [0, 0.1) is 0 Å². The maximum atomic E-state index is 12.7. The molecule has 0 saturated heterocycles. The number of aryl methyl sites for hydroxylation is 1. The molecule has 0 amide bonds. The molecule has 0 fully saturated rings. The Bertz CT molecular complexity index is 523. The minimum absolute atomic E-state index is 0.0164. The summed E-state index contributed by atoms with van der Waals surface area (Å²) in [6.07, 6.45) is 2.55. The number of nitrogens with one attached hydrogen (secondary N) is 1. The third-order valence-corrected chi connectivity index (χ3v) is 5.71. The van der Waals surface area contributed by atoms with Gasteiger partial charge in [0.1, 0.15) is 4.90 Å². The van der Waals surface area contributed by atoms with Crippen molar-refractivity contribution in [2.24, 2.45) is 0 Å². The fourth-order valence-electron chi connectivity index (χ4n) is 2.35. The van der Waals surface area contributed by atoms with Gasteiger partial charge in [-0.3, -0.25) is 0 Å². The van der Waals surface area contributed by atoms with E-state index in [1.165, 1.54) is 0 Å². The Morgan fingerprint density at radius 3 is 2.45 bits per heavy atom. The van der Waals surface area contributed by atoms with Gasteiger partial charge in [-0.2, -0.15) is 4.31 Å². The van der Waals surface area contributed by atoms with E-state index in [9.17, 15) is 8.42 Å². The van der Waals surface area contributed by atoms with Gasteiger partial charge in [0.25, 0.3) is 0 Å². The molecule has 0 bridgehead atoms. The Kier molecular flexibility index (Phi) is 6.23. The minimum atomic E-state index is -3.41. The van der Waals surface area contributed by atoms with Crippen LogP contribution >= 0.6 is 0 Å². The standard InChI is InChI=1S/C14H27N3O2S/c1-6-12(4)17(8-3)20(18,19)14-9-13(10-15-5)16(7-2)11-14/h9,11-12,15H,6-8,10H2,1-5H3. The summed E-state index contributed by atoms with van der Waals surface area (Å²) in [5.74, 6) is 0. The van der Waals surface area contributed by atoms with E-state index in [4.69, 9.17) is 0 Å². The molecule has 1 heterocycles. The van der Waals surface area contributed by atoms with E-state index in [0.717, 1.165) is 18.7 Å². The fourth-order valence-corrected chi connectivity index (χ4v) is 4.13. The molecule has 1 rings (SSSR count). The van der Waals surface area contributed by atoms with Gasteiger partial charge in [-0.05, 0) is 33.4 Å². The molecule has 0 aliphatic rings. The lowest BCUT2D eigenvalue weighted by Crippen LogP contribution is -2.37. The maximum absolute atomic E-state index is 12.7. The first-order valence-corrected chi connectivity index (χ1v) is 8.71. The second kappa shape index (κ2) is 7.24. The SMILES string of the molecule is CCC(C)N(CC)S(=O)(=O)c1cc(CNC)n(CC)c1. The quantitative estimate of drug-likeness (QED) is 0.799. The number of sulfonamides is 1. The van der Waals surface area contributed by atoms with Crippen molar-refractivity contribution in [1.82, 2.24) is 14.2 Å². The van der Waals surface area contributed by atoms with Crippen LogP contribution in [0.4, 0.5) is 0 Å². The number of nitrogens with zero attached hydrogens (tertiary/aromatic N) is 2. The van der Waals surface area contributed by atoms with Gasteiger partial charge in [0.05, 0.1) is 0 Å². The molecular formula is C14H27N3O2S. The summed E-state index contributed by atoms with van der Waals surface area (Å²) in [5.41, 5.74) is 0.994. The van der Waals surface area contributed by atoms with Crippen molar-refractivity contribution < 1.29 is 8.42 Å². The molecule has 20 heavy (non-hydrogen) atoms. The highest BCUT2D eigenvalue weighted by molar-refractivity contribution is 7.89. The summed E-state index contributed by atoms with van der Waals surface area (Å²) in [6.45, 7) is 9.78. The van der Waals surface area contributed by atoms with E-state index >= 15 is 0 Å². The number of rotatable bonds is 8. The lowest BCUT2D eigenvalue weighted by atomic mass is 10.3. The molecular weight excluding hydrogens is 274 g/mol. The van der Waals surface area contributed by atoms with Gasteiger partial charge in [-0.25, -0.2) is 8.42 Å². The largest absolute Gasteiger partial charge is 0.349 e. The number of hydrogen-bond acceptors (Lipinski definition) is 3. The van der Waals surface area contributed by atoms with Crippen LogP contribution < -0.4 is 5.32 Å². The number of hydrogen-bond donors (Lipinski definition) is 1. The van der Waals surface area contributed by atoms with Crippen molar-refractivity contribution in [2.75, 3.05) is 13.6 Å². The highest BCUT2D eigenvalue weighted by Crippen LogP contribution is 2.22. The topological polar surface area (TPSA) is 54.3 Å². The smallest absolute Gasteiger partial charge is 0.244 e. The highest BCUT2D eigenvalue weighted by atomic mass is 32.2. The van der Waals surface area contributed by atoms with E-state index in [0.29, 0.717) is 18.0 Å². The molecule has 1 unspecified atom stereocenters. The van der Waals surface area contributed by atoms with Crippen molar-refractivity contribution in [3.8, 4) is 0 Å². The first-order chi connectivity index (χ1) is 9.42. The highest BCUT2D eigenvalue weighted by Gasteiger charge is 2.28. The van der Waals surface area contributed by atoms with E-state index in [2.05, 4.69) is 5.32 Å². The molecule has 0 spiro atoms. The average molecular weight is 301 g/mol. The molecule has 6 heteroatoms. The Morgan fingerprint density at radius 1 is 1.35 bits per heavy atom. The molecule has 0 aliphatic carbocycles. The molecule has 0 radical (unpaired) electrons. The van der Waals surface area contributed by atoms with Gasteiger partial charge in [-0.1, -0.05) is 13.8 Å². The summed E-state index contributed by atoms with van der Waals surface area (Å²) in [7, 11) is -1.55. The zero-order chi connectivity index (χ0) is 15.3. The van der Waals surface area contributed by atoms with Crippen LogP contribution in [0.25, 0.3) is 0 Å². The van der Waals surface area contributed by atoms with Gasteiger partial charge in [0.2, 0.25) is 10.0 Å². The van der Waals surface area contributed by atoms with Crippen LogP contribution in [0.15, 0.2) is 17.2 Å². The lowest BCUT2D eigenvalue weighted by Gasteiger charge is -2.25. The first-order valence-electron chi connectivity index (χ1n) is 7.27. The normalized spacial score (nSPS) is 13.9. The number of aromatic nitrogens is 1. The van der Waals surface area contributed by atoms with Crippen molar-refractivity contribution in [3.63, 3.8) is 0 Å². The van der Waals surface area contributed by atoms with Crippen LogP contribution in [0.5, 0.6) is 0 Å². The van der Waals surface area contributed by atoms with Gasteiger partial charge < -0.3 is 9.88 Å².